The molecule has 1 amide bonds. The number of nitrogens with zero attached hydrogens (tertiary/aromatic N) is 2. The maximum atomic E-state index is 13.1. The van der Waals surface area contributed by atoms with Gasteiger partial charge in [-0.3, -0.25) is 14.2 Å². The molecule has 10 heteroatoms. The molecule has 0 atom stereocenters. The Bertz CT molecular complexity index is 1220. The molecule has 1 heterocycles. The SMILES string of the molecule is COc1cccc(CNC(=O)Cn2c(-c3ccc(C(F)(F)F)cc3)nc(C)c(CCO)c2=O)c1. The third-order valence-corrected chi connectivity index (χ3v) is 5.23. The topological polar surface area (TPSA) is 93.4 Å². The molecule has 0 spiro atoms. The number of hydrogen-bond acceptors (Lipinski definition) is 5. The van der Waals surface area contributed by atoms with E-state index >= 15 is 0 Å². The Labute approximate surface area is 193 Å². The van der Waals surface area contributed by atoms with E-state index in [2.05, 4.69) is 10.3 Å². The summed E-state index contributed by atoms with van der Waals surface area (Å²) >= 11 is 0. The maximum absolute atomic E-state index is 13.1. The average molecular weight is 475 g/mol. The Morgan fingerprint density at radius 3 is 2.50 bits per heavy atom. The highest BCUT2D eigenvalue weighted by molar-refractivity contribution is 5.76. The summed E-state index contributed by atoms with van der Waals surface area (Å²) in [6, 6.07) is 11.3. The van der Waals surface area contributed by atoms with Gasteiger partial charge < -0.3 is 15.2 Å². The second-order valence-electron chi connectivity index (χ2n) is 7.57. The van der Waals surface area contributed by atoms with E-state index in [9.17, 15) is 27.9 Å². The van der Waals surface area contributed by atoms with Crippen molar-refractivity contribution < 1.29 is 27.8 Å². The van der Waals surface area contributed by atoms with Crippen molar-refractivity contribution >= 4 is 5.91 Å². The quantitative estimate of drug-likeness (QED) is 0.522. The van der Waals surface area contributed by atoms with Crippen molar-refractivity contribution in [3.05, 3.63) is 81.3 Å². The molecule has 2 N–H and O–H groups in total. The number of amides is 1. The first kappa shape index (κ1) is 25.0. The number of halogens is 3. The molecule has 0 saturated heterocycles. The molecule has 180 valence electrons. The number of carbonyl (C=O) groups is 1. The maximum Gasteiger partial charge on any atom is 0.416 e. The number of aromatic nitrogens is 2. The van der Waals surface area contributed by atoms with Gasteiger partial charge in [0.15, 0.2) is 0 Å². The van der Waals surface area contributed by atoms with Crippen molar-refractivity contribution in [3.63, 3.8) is 0 Å². The summed E-state index contributed by atoms with van der Waals surface area (Å²) in [5.41, 5.74) is 0.235. The standard InChI is InChI=1S/C24H24F3N3O4/c1-15-20(10-11-31)23(33)30(14-21(32)28-13-16-4-3-5-19(12-16)34-2)22(29-15)17-6-8-18(9-7-17)24(25,26)27/h3-9,12,31H,10-11,13-14H2,1-2H3,(H,28,32). The molecule has 0 saturated carbocycles. The molecule has 0 unspecified atom stereocenters. The minimum Gasteiger partial charge on any atom is -0.497 e. The van der Waals surface area contributed by atoms with Crippen LogP contribution in [-0.4, -0.2) is 34.3 Å². The van der Waals surface area contributed by atoms with Gasteiger partial charge in [0.05, 0.1) is 12.7 Å². The lowest BCUT2D eigenvalue weighted by Gasteiger charge is -2.16. The molecule has 0 aliphatic carbocycles. The van der Waals surface area contributed by atoms with Crippen molar-refractivity contribution in [2.45, 2.75) is 32.6 Å². The molecule has 0 aliphatic heterocycles. The first-order chi connectivity index (χ1) is 16.1. The monoisotopic (exact) mass is 475 g/mol. The molecule has 0 radical (unpaired) electrons. The lowest BCUT2D eigenvalue weighted by Crippen LogP contribution is -2.35. The van der Waals surface area contributed by atoms with E-state index in [1.165, 1.54) is 19.2 Å². The first-order valence-corrected chi connectivity index (χ1v) is 10.4. The van der Waals surface area contributed by atoms with Crippen LogP contribution in [0.15, 0.2) is 53.3 Å². The summed E-state index contributed by atoms with van der Waals surface area (Å²) < 4.78 is 45.1. The van der Waals surface area contributed by atoms with Crippen LogP contribution in [0.25, 0.3) is 11.4 Å². The summed E-state index contributed by atoms with van der Waals surface area (Å²) in [7, 11) is 1.53. The number of aliphatic hydroxyl groups is 1. The van der Waals surface area contributed by atoms with Crippen LogP contribution in [0.4, 0.5) is 13.2 Å². The zero-order chi connectivity index (χ0) is 24.9. The van der Waals surface area contributed by atoms with Crippen LogP contribution < -0.4 is 15.6 Å². The minimum atomic E-state index is -4.51. The van der Waals surface area contributed by atoms with Gasteiger partial charge in [-0.1, -0.05) is 24.3 Å². The summed E-state index contributed by atoms with van der Waals surface area (Å²) in [5.74, 6) is 0.206. The number of methoxy groups -OCH3 is 1. The molecule has 3 rings (SSSR count). The van der Waals surface area contributed by atoms with Crippen molar-refractivity contribution in [1.29, 1.82) is 0 Å². The van der Waals surface area contributed by atoms with E-state index in [-0.39, 0.29) is 36.5 Å². The summed E-state index contributed by atoms with van der Waals surface area (Å²) in [6.07, 6.45) is -4.47. The molecule has 2 aromatic carbocycles. The fourth-order valence-electron chi connectivity index (χ4n) is 3.46. The number of ether oxygens (including phenoxy) is 1. The Kier molecular flexibility index (Phi) is 7.72. The molecule has 0 aliphatic rings. The van der Waals surface area contributed by atoms with Gasteiger partial charge >= 0.3 is 6.18 Å². The molecule has 34 heavy (non-hydrogen) atoms. The number of benzene rings is 2. The molecule has 0 bridgehead atoms. The van der Waals surface area contributed by atoms with Crippen LogP contribution in [0.2, 0.25) is 0 Å². The van der Waals surface area contributed by atoms with Crippen molar-refractivity contribution in [2.24, 2.45) is 0 Å². The van der Waals surface area contributed by atoms with Gasteiger partial charge in [0.25, 0.3) is 5.56 Å². The van der Waals surface area contributed by atoms with E-state index in [1.54, 1.807) is 31.2 Å². The number of nitrogens with one attached hydrogen (secondary N) is 1. The van der Waals surface area contributed by atoms with E-state index in [1.807, 2.05) is 0 Å². The lowest BCUT2D eigenvalue weighted by atomic mass is 10.1. The zero-order valence-corrected chi connectivity index (χ0v) is 18.6. The molecule has 0 fully saturated rings. The summed E-state index contributed by atoms with van der Waals surface area (Å²) in [4.78, 5) is 30.2. The summed E-state index contributed by atoms with van der Waals surface area (Å²) in [6.45, 7) is 1.07. The number of rotatable bonds is 8. The van der Waals surface area contributed by atoms with Gasteiger partial charge in [-0.15, -0.1) is 0 Å². The summed E-state index contributed by atoms with van der Waals surface area (Å²) in [5, 5.41) is 12.0. The largest absolute Gasteiger partial charge is 0.497 e. The predicted octanol–water partition coefficient (Wildman–Crippen LogP) is 3.10. The number of carbonyl (C=O) groups excluding carboxylic acids is 1. The van der Waals surface area contributed by atoms with Crippen LogP contribution in [0.3, 0.4) is 0 Å². The smallest absolute Gasteiger partial charge is 0.416 e. The van der Waals surface area contributed by atoms with E-state index in [0.717, 1.165) is 22.3 Å². The van der Waals surface area contributed by atoms with Gasteiger partial charge in [0.2, 0.25) is 5.91 Å². The van der Waals surface area contributed by atoms with Crippen LogP contribution in [0.1, 0.15) is 22.4 Å². The molecule has 1 aromatic heterocycles. The normalized spacial score (nSPS) is 11.4. The predicted molar refractivity (Wildman–Crippen MR) is 119 cm³/mol. The van der Waals surface area contributed by atoms with Crippen LogP contribution in [0.5, 0.6) is 5.75 Å². The Balaban J connectivity index is 1.93. The van der Waals surface area contributed by atoms with Crippen LogP contribution >= 0.6 is 0 Å². The Morgan fingerprint density at radius 2 is 1.88 bits per heavy atom. The van der Waals surface area contributed by atoms with Gasteiger partial charge in [-0.25, -0.2) is 4.98 Å². The highest BCUT2D eigenvalue weighted by Crippen LogP contribution is 2.30. The van der Waals surface area contributed by atoms with Gasteiger partial charge in [-0.05, 0) is 36.8 Å². The van der Waals surface area contributed by atoms with Crippen LogP contribution in [0, 0.1) is 6.92 Å². The highest BCUT2D eigenvalue weighted by Gasteiger charge is 2.30. The fraction of sp³-hybridized carbons (Fsp3) is 0.292. The van der Waals surface area contributed by atoms with Crippen LogP contribution in [-0.2, 0) is 30.5 Å². The van der Waals surface area contributed by atoms with E-state index in [4.69, 9.17) is 4.74 Å². The number of aliphatic hydroxyl groups excluding tert-OH is 1. The fourth-order valence-corrected chi connectivity index (χ4v) is 3.46. The van der Waals surface area contributed by atoms with Crippen molar-refractivity contribution in [3.8, 4) is 17.1 Å². The average Bonchev–Trinajstić information content (AvgIpc) is 2.81. The van der Waals surface area contributed by atoms with Crippen molar-refractivity contribution in [2.75, 3.05) is 13.7 Å². The second-order valence-corrected chi connectivity index (χ2v) is 7.57. The van der Waals surface area contributed by atoms with E-state index < -0.39 is 29.8 Å². The van der Waals surface area contributed by atoms with Crippen molar-refractivity contribution in [1.82, 2.24) is 14.9 Å². The van der Waals surface area contributed by atoms with Gasteiger partial charge in [0, 0.05) is 36.4 Å². The third-order valence-electron chi connectivity index (χ3n) is 5.23. The number of alkyl halides is 3. The zero-order valence-electron chi connectivity index (χ0n) is 18.6. The molecule has 7 nitrogen and oxygen atoms in total. The highest BCUT2D eigenvalue weighted by atomic mass is 19.4. The number of aryl methyl sites for hydroxylation is 1. The Morgan fingerprint density at radius 1 is 1.18 bits per heavy atom. The minimum absolute atomic E-state index is 0.0381. The number of hydrogen-bond donors (Lipinski definition) is 2. The third kappa shape index (κ3) is 5.82. The first-order valence-electron chi connectivity index (χ1n) is 10.4. The molecular formula is C24H24F3N3O4. The van der Waals surface area contributed by atoms with Gasteiger partial charge in [-0.2, -0.15) is 13.2 Å². The molecule has 3 aromatic rings. The molecular weight excluding hydrogens is 451 g/mol. The second kappa shape index (κ2) is 10.5. The lowest BCUT2D eigenvalue weighted by molar-refractivity contribution is -0.137. The Hall–Kier alpha value is -3.66. The van der Waals surface area contributed by atoms with Gasteiger partial charge in [0.1, 0.15) is 18.1 Å². The van der Waals surface area contributed by atoms with E-state index in [0.29, 0.717) is 11.4 Å².